The van der Waals surface area contributed by atoms with Gasteiger partial charge in [-0.15, -0.1) is 0 Å². The normalized spacial score (nSPS) is 19.0. The fraction of sp³-hybridized carbons (Fsp3) is 0.417. The van der Waals surface area contributed by atoms with Crippen LogP contribution >= 0.6 is 23.4 Å². The third-order valence-electron chi connectivity index (χ3n) is 5.99. The minimum atomic E-state index is -0.985. The number of carboxylic acid groups (broad SMARTS) is 1. The Balaban J connectivity index is 1.35. The Morgan fingerprint density at radius 3 is 2.62 bits per heavy atom. The van der Waals surface area contributed by atoms with Gasteiger partial charge in [0.2, 0.25) is 0 Å². The second-order valence-electron chi connectivity index (χ2n) is 8.10. The summed E-state index contributed by atoms with van der Waals surface area (Å²) in [5, 5.41) is 9.42. The van der Waals surface area contributed by atoms with Crippen molar-refractivity contribution in [3.8, 4) is 0 Å². The molecule has 2 aromatic rings. The van der Waals surface area contributed by atoms with Crippen LogP contribution in [0.2, 0.25) is 5.02 Å². The van der Waals surface area contributed by atoms with Crippen molar-refractivity contribution in [1.29, 1.82) is 0 Å². The number of hydrogen-bond acceptors (Lipinski definition) is 6. The Kier molecular flexibility index (Phi) is 7.73. The van der Waals surface area contributed by atoms with Crippen molar-refractivity contribution in [1.82, 2.24) is 9.80 Å². The van der Waals surface area contributed by atoms with E-state index in [0.717, 1.165) is 37.6 Å². The SMILES string of the molecule is O=C(O)CCC(=O)OCCN1CCN([C@@H]2Cc3cc(Cl)ccc3Sc3ccccc32)CC1. The molecule has 4 rings (SSSR count). The average Bonchev–Trinajstić information content (AvgIpc) is 2.95. The highest BCUT2D eigenvalue weighted by Crippen LogP contribution is 2.43. The molecule has 1 atom stereocenters. The van der Waals surface area contributed by atoms with Crippen molar-refractivity contribution in [3.63, 3.8) is 0 Å². The third kappa shape index (κ3) is 5.84. The van der Waals surface area contributed by atoms with Crippen LogP contribution in [0.4, 0.5) is 0 Å². The van der Waals surface area contributed by atoms with E-state index in [2.05, 4.69) is 46.2 Å². The van der Waals surface area contributed by atoms with E-state index in [1.54, 1.807) is 0 Å². The number of nitrogens with zero attached hydrogens (tertiary/aromatic N) is 2. The van der Waals surface area contributed by atoms with Crippen LogP contribution in [0.15, 0.2) is 52.3 Å². The maximum absolute atomic E-state index is 11.6. The van der Waals surface area contributed by atoms with Gasteiger partial charge in [-0.05, 0) is 41.8 Å². The lowest BCUT2D eigenvalue weighted by molar-refractivity contribution is -0.148. The van der Waals surface area contributed by atoms with Gasteiger partial charge >= 0.3 is 11.9 Å². The van der Waals surface area contributed by atoms with Crippen LogP contribution in [0.1, 0.15) is 30.0 Å². The predicted molar refractivity (Wildman–Crippen MR) is 124 cm³/mol. The van der Waals surface area contributed by atoms with Gasteiger partial charge in [0.1, 0.15) is 6.61 Å². The molecule has 2 aliphatic rings. The Hall–Kier alpha value is -2.06. The number of rotatable bonds is 7. The summed E-state index contributed by atoms with van der Waals surface area (Å²) < 4.78 is 5.18. The maximum atomic E-state index is 11.6. The number of carbonyl (C=O) groups is 2. The zero-order valence-corrected chi connectivity index (χ0v) is 19.4. The molecule has 0 radical (unpaired) electrons. The summed E-state index contributed by atoms with van der Waals surface area (Å²) in [5.41, 5.74) is 2.66. The van der Waals surface area contributed by atoms with E-state index in [9.17, 15) is 9.59 Å². The molecule has 2 aromatic carbocycles. The summed E-state index contributed by atoms with van der Waals surface area (Å²) in [6.07, 6.45) is 0.668. The molecule has 0 aromatic heterocycles. The second-order valence-corrected chi connectivity index (χ2v) is 9.62. The fourth-order valence-corrected chi connectivity index (χ4v) is 5.60. The number of ether oxygens (including phenoxy) is 1. The highest BCUT2D eigenvalue weighted by molar-refractivity contribution is 7.99. The smallest absolute Gasteiger partial charge is 0.306 e. The topological polar surface area (TPSA) is 70.1 Å². The van der Waals surface area contributed by atoms with Crippen LogP contribution in [0.3, 0.4) is 0 Å². The molecule has 170 valence electrons. The molecule has 0 aliphatic carbocycles. The standard InChI is InChI=1S/C24H27ClN2O4S/c25-18-5-6-21-17(15-18)16-20(19-3-1-2-4-22(19)32-21)27-11-9-26(10-12-27)13-14-31-24(30)8-7-23(28)29/h1-6,15,20H,7-14,16H2,(H,28,29)/t20-/m1/s1. The largest absolute Gasteiger partial charge is 0.481 e. The number of halogens is 1. The molecular formula is C24H27ClN2O4S. The van der Waals surface area contributed by atoms with E-state index < -0.39 is 11.9 Å². The molecule has 0 amide bonds. The summed E-state index contributed by atoms with van der Waals surface area (Å²) in [4.78, 5) is 29.6. The first-order valence-electron chi connectivity index (χ1n) is 10.9. The second kappa shape index (κ2) is 10.7. The summed E-state index contributed by atoms with van der Waals surface area (Å²) in [6, 6.07) is 15.1. The lowest BCUT2D eigenvalue weighted by Crippen LogP contribution is -2.48. The summed E-state index contributed by atoms with van der Waals surface area (Å²) in [7, 11) is 0. The van der Waals surface area contributed by atoms with Crippen LogP contribution in [0.25, 0.3) is 0 Å². The minimum Gasteiger partial charge on any atom is -0.481 e. The highest BCUT2D eigenvalue weighted by atomic mass is 35.5. The highest BCUT2D eigenvalue weighted by Gasteiger charge is 2.30. The van der Waals surface area contributed by atoms with E-state index in [-0.39, 0.29) is 12.8 Å². The number of hydrogen-bond donors (Lipinski definition) is 1. The molecule has 0 spiro atoms. The van der Waals surface area contributed by atoms with Gasteiger partial charge in [-0.3, -0.25) is 19.4 Å². The van der Waals surface area contributed by atoms with Crippen LogP contribution in [0, 0.1) is 0 Å². The molecule has 0 unspecified atom stereocenters. The van der Waals surface area contributed by atoms with Gasteiger partial charge in [-0.1, -0.05) is 41.6 Å². The first-order valence-corrected chi connectivity index (χ1v) is 12.1. The van der Waals surface area contributed by atoms with Crippen molar-refractivity contribution in [2.45, 2.75) is 35.1 Å². The number of benzene rings is 2. The summed E-state index contributed by atoms with van der Waals surface area (Å²) >= 11 is 8.12. The fourth-order valence-electron chi connectivity index (χ4n) is 4.29. The lowest BCUT2D eigenvalue weighted by Gasteiger charge is -2.39. The number of aliphatic carboxylic acids is 1. The number of piperazine rings is 1. The molecule has 2 heterocycles. The molecule has 1 N–H and O–H groups in total. The van der Waals surface area contributed by atoms with Crippen molar-refractivity contribution >= 4 is 35.3 Å². The van der Waals surface area contributed by atoms with E-state index in [4.69, 9.17) is 21.4 Å². The van der Waals surface area contributed by atoms with Gasteiger partial charge in [0.15, 0.2) is 0 Å². The van der Waals surface area contributed by atoms with E-state index in [1.807, 2.05) is 17.8 Å². The number of carbonyl (C=O) groups excluding carboxylic acids is 1. The summed E-state index contributed by atoms with van der Waals surface area (Å²) in [5.74, 6) is -1.43. The van der Waals surface area contributed by atoms with Gasteiger partial charge < -0.3 is 9.84 Å². The Bertz CT molecular complexity index is 978. The minimum absolute atomic E-state index is 0.0757. The molecule has 8 heteroatoms. The van der Waals surface area contributed by atoms with Gasteiger partial charge in [0.25, 0.3) is 0 Å². The molecular weight excluding hydrogens is 448 g/mol. The molecule has 0 saturated carbocycles. The third-order valence-corrected chi connectivity index (χ3v) is 7.44. The van der Waals surface area contributed by atoms with E-state index in [0.29, 0.717) is 19.2 Å². The quantitative estimate of drug-likeness (QED) is 0.605. The molecule has 0 bridgehead atoms. The first-order chi connectivity index (χ1) is 15.5. The Morgan fingerprint density at radius 1 is 1.06 bits per heavy atom. The van der Waals surface area contributed by atoms with Crippen LogP contribution in [0.5, 0.6) is 0 Å². The van der Waals surface area contributed by atoms with Gasteiger partial charge in [-0.25, -0.2) is 0 Å². The molecule has 1 saturated heterocycles. The van der Waals surface area contributed by atoms with Crippen molar-refractivity contribution < 1.29 is 19.4 Å². The number of carboxylic acids is 1. The predicted octanol–water partition coefficient (Wildman–Crippen LogP) is 4.11. The van der Waals surface area contributed by atoms with Crippen LogP contribution in [-0.4, -0.2) is 66.2 Å². The number of esters is 1. The molecule has 2 aliphatic heterocycles. The number of fused-ring (bicyclic) bond motifs is 2. The Morgan fingerprint density at radius 2 is 1.84 bits per heavy atom. The van der Waals surface area contributed by atoms with Crippen molar-refractivity contribution in [2.24, 2.45) is 0 Å². The monoisotopic (exact) mass is 474 g/mol. The molecule has 32 heavy (non-hydrogen) atoms. The van der Waals surface area contributed by atoms with Crippen molar-refractivity contribution in [2.75, 3.05) is 39.3 Å². The van der Waals surface area contributed by atoms with Gasteiger partial charge in [-0.2, -0.15) is 0 Å². The van der Waals surface area contributed by atoms with E-state index >= 15 is 0 Å². The van der Waals surface area contributed by atoms with Crippen LogP contribution in [-0.2, 0) is 20.7 Å². The summed E-state index contributed by atoms with van der Waals surface area (Å²) in [6.45, 7) is 4.65. The maximum Gasteiger partial charge on any atom is 0.306 e. The lowest BCUT2D eigenvalue weighted by atomic mass is 9.96. The Labute approximate surface area is 197 Å². The average molecular weight is 475 g/mol. The molecule has 6 nitrogen and oxygen atoms in total. The van der Waals surface area contributed by atoms with E-state index in [1.165, 1.54) is 20.9 Å². The molecule has 1 fully saturated rings. The van der Waals surface area contributed by atoms with Crippen molar-refractivity contribution in [3.05, 3.63) is 58.6 Å². The van der Waals surface area contributed by atoms with Crippen LogP contribution < -0.4 is 0 Å². The zero-order valence-electron chi connectivity index (χ0n) is 17.8. The van der Waals surface area contributed by atoms with Gasteiger partial charge in [0.05, 0.1) is 12.8 Å². The van der Waals surface area contributed by atoms with Gasteiger partial charge in [0, 0.05) is 53.6 Å². The zero-order chi connectivity index (χ0) is 22.5. The first kappa shape index (κ1) is 23.1.